The lowest BCUT2D eigenvalue weighted by Gasteiger charge is -2.04. The highest BCUT2D eigenvalue weighted by Gasteiger charge is 2.18. The van der Waals surface area contributed by atoms with Crippen molar-refractivity contribution in [3.8, 4) is 0 Å². The van der Waals surface area contributed by atoms with Crippen LogP contribution in [0.3, 0.4) is 0 Å². The van der Waals surface area contributed by atoms with Gasteiger partial charge in [-0.25, -0.2) is 4.79 Å². The first-order valence-corrected chi connectivity index (χ1v) is 6.67. The number of alkyl halides is 1. The third-order valence-corrected chi connectivity index (χ3v) is 2.68. The van der Waals surface area contributed by atoms with Crippen LogP contribution in [-0.2, 0) is 4.74 Å². The quantitative estimate of drug-likeness (QED) is 0.263. The van der Waals surface area contributed by atoms with Gasteiger partial charge in [0.25, 0.3) is 5.69 Å². The number of Topliss-reactive ketones (excluding diaryl/α,β-unsaturated/α-hetero) is 1. The van der Waals surface area contributed by atoms with Crippen LogP contribution in [0.4, 0.5) is 5.69 Å². The van der Waals surface area contributed by atoms with Gasteiger partial charge in [0.05, 0.1) is 17.1 Å². The number of ketones is 1. The van der Waals surface area contributed by atoms with Gasteiger partial charge in [0.2, 0.25) is 0 Å². The molecule has 0 atom stereocenters. The molecule has 1 rings (SSSR count). The van der Waals surface area contributed by atoms with Crippen LogP contribution in [-0.4, -0.2) is 28.6 Å². The summed E-state index contributed by atoms with van der Waals surface area (Å²) < 4.78 is 4.78. The van der Waals surface area contributed by atoms with Gasteiger partial charge < -0.3 is 4.74 Å². The van der Waals surface area contributed by atoms with Crippen LogP contribution in [0.25, 0.3) is 0 Å². The SMILES string of the molecule is CCOC(=O)c1cc(C(=O)CCBr)cc([N+](=O)[O-])c1. The van der Waals surface area contributed by atoms with Crippen LogP contribution in [0.1, 0.15) is 34.1 Å². The molecule has 0 radical (unpaired) electrons. The lowest BCUT2D eigenvalue weighted by molar-refractivity contribution is -0.384. The Balaban J connectivity index is 3.21. The molecular weight excluding hydrogens is 318 g/mol. The van der Waals surface area contributed by atoms with E-state index in [9.17, 15) is 19.7 Å². The van der Waals surface area contributed by atoms with Gasteiger partial charge in [-0.3, -0.25) is 14.9 Å². The largest absolute Gasteiger partial charge is 0.462 e. The minimum Gasteiger partial charge on any atom is -0.462 e. The molecule has 19 heavy (non-hydrogen) atoms. The molecule has 0 bridgehead atoms. The van der Waals surface area contributed by atoms with E-state index < -0.39 is 10.9 Å². The number of nitrogens with zero attached hydrogens (tertiary/aromatic N) is 1. The zero-order valence-electron chi connectivity index (χ0n) is 10.2. The molecular formula is C12H12BrNO5. The molecule has 102 valence electrons. The lowest BCUT2D eigenvalue weighted by atomic mass is 10.0. The minimum atomic E-state index is -0.681. The summed E-state index contributed by atoms with van der Waals surface area (Å²) in [6.07, 6.45) is 0.198. The number of ether oxygens (including phenoxy) is 1. The van der Waals surface area contributed by atoms with Crippen molar-refractivity contribution >= 4 is 33.4 Å². The van der Waals surface area contributed by atoms with Crippen molar-refractivity contribution in [2.24, 2.45) is 0 Å². The van der Waals surface area contributed by atoms with Gasteiger partial charge in [-0.1, -0.05) is 15.9 Å². The first kappa shape index (κ1) is 15.3. The third-order valence-electron chi connectivity index (χ3n) is 2.28. The van der Waals surface area contributed by atoms with Crippen molar-refractivity contribution in [3.05, 3.63) is 39.4 Å². The molecule has 1 aromatic carbocycles. The Morgan fingerprint density at radius 1 is 1.32 bits per heavy atom. The summed E-state index contributed by atoms with van der Waals surface area (Å²) >= 11 is 3.12. The number of non-ortho nitro benzene ring substituents is 1. The lowest BCUT2D eigenvalue weighted by Crippen LogP contribution is -2.08. The number of benzene rings is 1. The number of esters is 1. The summed E-state index contributed by atoms with van der Waals surface area (Å²) in [4.78, 5) is 33.5. The maximum Gasteiger partial charge on any atom is 0.338 e. The number of nitro groups is 1. The van der Waals surface area contributed by atoms with Crippen LogP contribution in [0.2, 0.25) is 0 Å². The highest BCUT2D eigenvalue weighted by Crippen LogP contribution is 2.19. The van der Waals surface area contributed by atoms with Crippen molar-refractivity contribution in [2.45, 2.75) is 13.3 Å². The second kappa shape index (κ2) is 6.98. The van der Waals surface area contributed by atoms with Gasteiger partial charge in [-0.15, -0.1) is 0 Å². The van der Waals surface area contributed by atoms with E-state index in [1.54, 1.807) is 6.92 Å². The maximum absolute atomic E-state index is 11.7. The van der Waals surface area contributed by atoms with Gasteiger partial charge in [0.15, 0.2) is 5.78 Å². The van der Waals surface area contributed by atoms with E-state index in [-0.39, 0.29) is 35.6 Å². The Labute approximate surface area is 118 Å². The summed E-state index contributed by atoms with van der Waals surface area (Å²) in [6.45, 7) is 1.79. The first-order valence-electron chi connectivity index (χ1n) is 5.55. The molecule has 0 aromatic heterocycles. The molecule has 0 unspecified atom stereocenters. The summed E-state index contributed by atoms with van der Waals surface area (Å²) in [5.41, 5.74) is -0.158. The Bertz CT molecular complexity index is 479. The Morgan fingerprint density at radius 2 is 1.95 bits per heavy atom. The van der Waals surface area contributed by atoms with Crippen molar-refractivity contribution in [2.75, 3.05) is 11.9 Å². The van der Waals surface area contributed by atoms with Gasteiger partial charge in [-0.2, -0.15) is 0 Å². The molecule has 0 saturated carbocycles. The van der Waals surface area contributed by atoms with Gasteiger partial charge in [-0.05, 0) is 13.0 Å². The highest BCUT2D eigenvalue weighted by atomic mass is 79.9. The maximum atomic E-state index is 11.7. The van der Waals surface area contributed by atoms with Gasteiger partial charge in [0.1, 0.15) is 0 Å². The van der Waals surface area contributed by atoms with Crippen LogP contribution >= 0.6 is 15.9 Å². The van der Waals surface area contributed by atoms with E-state index in [2.05, 4.69) is 15.9 Å². The van der Waals surface area contributed by atoms with E-state index in [1.807, 2.05) is 0 Å². The van der Waals surface area contributed by atoms with E-state index in [0.717, 1.165) is 12.1 Å². The van der Waals surface area contributed by atoms with Crippen LogP contribution < -0.4 is 0 Å². The smallest absolute Gasteiger partial charge is 0.338 e. The van der Waals surface area contributed by atoms with Crippen molar-refractivity contribution in [1.82, 2.24) is 0 Å². The average molecular weight is 330 g/mol. The second-order valence-electron chi connectivity index (χ2n) is 3.61. The average Bonchev–Trinajstić information content (AvgIpc) is 2.38. The molecule has 7 heteroatoms. The molecule has 0 aliphatic carbocycles. The summed E-state index contributed by atoms with van der Waals surface area (Å²) in [5, 5.41) is 11.2. The molecule has 0 N–H and O–H groups in total. The third kappa shape index (κ3) is 4.13. The van der Waals surface area contributed by atoms with Crippen LogP contribution in [0.5, 0.6) is 0 Å². The molecule has 0 aliphatic heterocycles. The van der Waals surface area contributed by atoms with Crippen LogP contribution in [0.15, 0.2) is 18.2 Å². The van der Waals surface area contributed by atoms with Gasteiger partial charge in [0, 0.05) is 29.4 Å². The fourth-order valence-corrected chi connectivity index (χ4v) is 1.80. The fourth-order valence-electron chi connectivity index (χ4n) is 1.44. The molecule has 0 saturated heterocycles. The van der Waals surface area contributed by atoms with Crippen LogP contribution in [0, 0.1) is 10.1 Å². The number of hydrogen-bond donors (Lipinski definition) is 0. The van der Waals surface area contributed by atoms with Crippen molar-refractivity contribution in [3.63, 3.8) is 0 Å². The summed E-state index contributed by atoms with van der Waals surface area (Å²) in [6, 6.07) is 3.58. The Kier molecular flexibility index (Phi) is 5.62. The van der Waals surface area contributed by atoms with E-state index in [1.165, 1.54) is 6.07 Å². The first-order chi connectivity index (χ1) is 8.99. The highest BCUT2D eigenvalue weighted by molar-refractivity contribution is 9.09. The molecule has 0 amide bonds. The monoisotopic (exact) mass is 329 g/mol. The Hall–Kier alpha value is -1.76. The molecule has 0 spiro atoms. The normalized spacial score (nSPS) is 10.0. The number of hydrogen-bond acceptors (Lipinski definition) is 5. The predicted molar refractivity (Wildman–Crippen MR) is 71.8 cm³/mol. The van der Waals surface area contributed by atoms with Crippen molar-refractivity contribution in [1.29, 1.82) is 0 Å². The minimum absolute atomic E-state index is 0.00831. The standard InChI is InChI=1S/C12H12BrNO5/c1-2-19-12(16)9-5-8(11(15)3-4-13)6-10(7-9)14(17)18/h5-7H,2-4H2,1H3. The summed E-state index contributed by atoms with van der Waals surface area (Å²) in [5.74, 6) is -0.954. The molecule has 0 heterocycles. The van der Waals surface area contributed by atoms with Gasteiger partial charge >= 0.3 is 5.97 Å². The molecule has 0 fully saturated rings. The zero-order chi connectivity index (χ0) is 14.4. The van der Waals surface area contributed by atoms with E-state index in [0.29, 0.717) is 5.33 Å². The zero-order valence-corrected chi connectivity index (χ0v) is 11.8. The summed E-state index contributed by atoms with van der Waals surface area (Å²) in [7, 11) is 0. The number of rotatable bonds is 6. The number of carbonyl (C=O) groups excluding carboxylic acids is 2. The number of carbonyl (C=O) groups is 2. The molecule has 0 aliphatic rings. The number of halogens is 1. The topological polar surface area (TPSA) is 86.5 Å². The predicted octanol–water partition coefficient (Wildman–Crippen LogP) is 2.74. The molecule has 1 aromatic rings. The number of nitro benzene ring substituents is 1. The van der Waals surface area contributed by atoms with Crippen molar-refractivity contribution < 1.29 is 19.2 Å². The fraction of sp³-hybridized carbons (Fsp3) is 0.333. The Morgan fingerprint density at radius 3 is 2.47 bits per heavy atom. The second-order valence-corrected chi connectivity index (χ2v) is 4.40. The van der Waals surface area contributed by atoms with E-state index in [4.69, 9.17) is 4.74 Å². The molecule has 6 nitrogen and oxygen atoms in total. The van der Waals surface area contributed by atoms with E-state index >= 15 is 0 Å².